The molecule has 0 fully saturated rings. The van der Waals surface area contributed by atoms with Crippen LogP contribution in [0.1, 0.15) is 31.9 Å². The molecule has 128 valence electrons. The Kier molecular flexibility index (Phi) is 5.95. The summed E-state index contributed by atoms with van der Waals surface area (Å²) in [5.41, 5.74) is 1.19. The van der Waals surface area contributed by atoms with Crippen LogP contribution in [0.3, 0.4) is 0 Å². The number of hydrogen-bond acceptors (Lipinski definition) is 5. The third-order valence-corrected chi connectivity index (χ3v) is 3.45. The molecule has 0 saturated carbocycles. The second-order valence-corrected chi connectivity index (χ2v) is 5.07. The number of benzene rings is 1. The van der Waals surface area contributed by atoms with Gasteiger partial charge >= 0.3 is 18.0 Å². The zero-order chi connectivity index (χ0) is 17.5. The van der Waals surface area contributed by atoms with Crippen LogP contribution < -0.4 is 10.6 Å². The summed E-state index contributed by atoms with van der Waals surface area (Å²) in [5, 5.41) is 5.24. The van der Waals surface area contributed by atoms with E-state index in [-0.39, 0.29) is 30.9 Å². The van der Waals surface area contributed by atoms with Gasteiger partial charge in [-0.05, 0) is 12.5 Å². The minimum atomic E-state index is -0.672. The smallest absolute Gasteiger partial charge is 0.338 e. The van der Waals surface area contributed by atoms with Crippen LogP contribution in [0, 0.1) is 0 Å². The van der Waals surface area contributed by atoms with Crippen LogP contribution in [0.4, 0.5) is 4.79 Å². The van der Waals surface area contributed by atoms with Crippen LogP contribution in [-0.4, -0.2) is 31.2 Å². The molecular formula is C17H20N2O5. The van der Waals surface area contributed by atoms with Gasteiger partial charge in [-0.1, -0.05) is 37.3 Å². The molecule has 2 N–H and O–H groups in total. The van der Waals surface area contributed by atoms with E-state index < -0.39 is 24.0 Å². The Balaban J connectivity index is 2.41. The van der Waals surface area contributed by atoms with E-state index in [1.54, 1.807) is 26.0 Å². The van der Waals surface area contributed by atoms with Crippen LogP contribution in [0.25, 0.3) is 0 Å². The van der Waals surface area contributed by atoms with E-state index in [1.807, 2.05) is 18.2 Å². The number of hydrogen-bond donors (Lipinski definition) is 2. The molecule has 2 rings (SSSR count). The zero-order valence-electron chi connectivity index (χ0n) is 13.6. The number of rotatable bonds is 6. The van der Waals surface area contributed by atoms with E-state index in [0.717, 1.165) is 5.56 Å². The molecule has 0 aliphatic carbocycles. The highest BCUT2D eigenvalue weighted by Crippen LogP contribution is 2.27. The maximum Gasteiger partial charge on any atom is 0.338 e. The molecule has 1 aromatic carbocycles. The van der Waals surface area contributed by atoms with Gasteiger partial charge in [-0.2, -0.15) is 0 Å². The van der Waals surface area contributed by atoms with Gasteiger partial charge in [-0.3, -0.25) is 4.79 Å². The molecular weight excluding hydrogens is 312 g/mol. The topological polar surface area (TPSA) is 93.7 Å². The molecule has 0 spiro atoms. The highest BCUT2D eigenvalue weighted by atomic mass is 16.5. The molecule has 2 amide bonds. The minimum absolute atomic E-state index is 0.194. The van der Waals surface area contributed by atoms with Crippen molar-refractivity contribution in [3.05, 3.63) is 47.2 Å². The minimum Gasteiger partial charge on any atom is -0.463 e. The van der Waals surface area contributed by atoms with Crippen molar-refractivity contribution in [1.82, 2.24) is 10.6 Å². The number of urea groups is 1. The molecule has 1 aliphatic rings. The van der Waals surface area contributed by atoms with Crippen molar-refractivity contribution in [3.8, 4) is 0 Å². The Hall–Kier alpha value is -2.83. The molecule has 0 radical (unpaired) electrons. The third-order valence-electron chi connectivity index (χ3n) is 3.45. The van der Waals surface area contributed by atoms with Gasteiger partial charge in [-0.15, -0.1) is 0 Å². The molecule has 7 heteroatoms. The summed E-state index contributed by atoms with van der Waals surface area (Å²) in [6.45, 7) is 3.36. The Bertz CT molecular complexity index is 654. The summed E-state index contributed by atoms with van der Waals surface area (Å²) in [6.07, 6.45) is 0.205. The van der Waals surface area contributed by atoms with E-state index in [9.17, 15) is 14.4 Å². The van der Waals surface area contributed by atoms with Crippen molar-refractivity contribution >= 4 is 18.0 Å². The van der Waals surface area contributed by atoms with Crippen LogP contribution in [0.2, 0.25) is 0 Å². The fourth-order valence-electron chi connectivity index (χ4n) is 2.33. The van der Waals surface area contributed by atoms with Crippen molar-refractivity contribution in [2.24, 2.45) is 0 Å². The van der Waals surface area contributed by atoms with Crippen LogP contribution in [-0.2, 0) is 19.1 Å². The molecule has 1 aromatic rings. The monoisotopic (exact) mass is 332 g/mol. The average Bonchev–Trinajstić information content (AvgIpc) is 2.59. The molecule has 24 heavy (non-hydrogen) atoms. The first-order valence-electron chi connectivity index (χ1n) is 7.75. The van der Waals surface area contributed by atoms with Crippen molar-refractivity contribution in [2.45, 2.75) is 26.3 Å². The first-order valence-corrected chi connectivity index (χ1v) is 7.75. The first-order chi connectivity index (χ1) is 11.6. The highest BCUT2D eigenvalue weighted by Gasteiger charge is 2.34. The van der Waals surface area contributed by atoms with Gasteiger partial charge in [0.15, 0.2) is 0 Å². The molecule has 1 heterocycles. The van der Waals surface area contributed by atoms with E-state index in [2.05, 4.69) is 10.6 Å². The average molecular weight is 332 g/mol. The summed E-state index contributed by atoms with van der Waals surface area (Å²) in [5.74, 6) is -0.990. The summed E-state index contributed by atoms with van der Waals surface area (Å²) in [6, 6.07) is 7.90. The maximum absolute atomic E-state index is 12.4. The Morgan fingerprint density at radius 1 is 1.12 bits per heavy atom. The molecule has 1 aliphatic heterocycles. The lowest BCUT2D eigenvalue weighted by atomic mass is 9.95. The van der Waals surface area contributed by atoms with Gasteiger partial charge in [0.2, 0.25) is 0 Å². The molecule has 1 atom stereocenters. The van der Waals surface area contributed by atoms with E-state index in [4.69, 9.17) is 9.47 Å². The summed E-state index contributed by atoms with van der Waals surface area (Å²) < 4.78 is 10.2. The second kappa shape index (κ2) is 8.14. The number of carbonyl (C=O) groups is 3. The van der Waals surface area contributed by atoms with Gasteiger partial charge in [0, 0.05) is 6.42 Å². The first kappa shape index (κ1) is 17.5. The number of ether oxygens (including phenoxy) is 2. The molecule has 0 bridgehead atoms. The zero-order valence-corrected chi connectivity index (χ0v) is 13.6. The lowest BCUT2D eigenvalue weighted by Gasteiger charge is -2.29. The second-order valence-electron chi connectivity index (χ2n) is 5.07. The third kappa shape index (κ3) is 4.13. The SMILES string of the molecule is CCOC(=O)C1=C(COC(=O)CC)NC(=O)N[C@H]1c1ccccc1. The number of carbonyl (C=O) groups excluding carboxylic acids is 3. The van der Waals surface area contributed by atoms with Gasteiger partial charge in [0.05, 0.1) is 23.9 Å². The number of amides is 2. The molecule has 0 saturated heterocycles. The van der Waals surface area contributed by atoms with Gasteiger partial charge in [-0.25, -0.2) is 9.59 Å². The number of esters is 2. The standard InChI is InChI=1S/C17H20N2O5/c1-3-13(20)24-10-12-14(16(21)23-4-2)15(19-17(22)18-12)11-8-6-5-7-9-11/h5-9,15H,3-4,10H2,1-2H3,(H2,18,19,22)/t15-/m0/s1. The van der Waals surface area contributed by atoms with Crippen molar-refractivity contribution < 1.29 is 23.9 Å². The maximum atomic E-state index is 12.4. The predicted molar refractivity (Wildman–Crippen MR) is 85.8 cm³/mol. The van der Waals surface area contributed by atoms with Gasteiger partial charge < -0.3 is 20.1 Å². The van der Waals surface area contributed by atoms with Crippen molar-refractivity contribution in [1.29, 1.82) is 0 Å². The highest BCUT2D eigenvalue weighted by molar-refractivity contribution is 5.95. The lowest BCUT2D eigenvalue weighted by molar-refractivity contribution is -0.143. The summed E-state index contributed by atoms with van der Waals surface area (Å²) >= 11 is 0. The van der Waals surface area contributed by atoms with Crippen LogP contribution in [0.15, 0.2) is 41.6 Å². The fourth-order valence-corrected chi connectivity index (χ4v) is 2.33. The van der Waals surface area contributed by atoms with E-state index in [0.29, 0.717) is 0 Å². The number of nitrogens with one attached hydrogen (secondary N) is 2. The normalized spacial score (nSPS) is 16.9. The fraction of sp³-hybridized carbons (Fsp3) is 0.353. The van der Waals surface area contributed by atoms with E-state index in [1.165, 1.54) is 0 Å². The Labute approximate surface area is 140 Å². The summed E-state index contributed by atoms with van der Waals surface area (Å²) in [4.78, 5) is 35.8. The summed E-state index contributed by atoms with van der Waals surface area (Å²) in [7, 11) is 0. The van der Waals surface area contributed by atoms with E-state index >= 15 is 0 Å². The Morgan fingerprint density at radius 2 is 1.83 bits per heavy atom. The predicted octanol–water partition coefficient (Wildman–Crippen LogP) is 1.81. The largest absolute Gasteiger partial charge is 0.463 e. The van der Waals surface area contributed by atoms with Crippen molar-refractivity contribution in [2.75, 3.05) is 13.2 Å². The van der Waals surface area contributed by atoms with Crippen LogP contribution >= 0.6 is 0 Å². The van der Waals surface area contributed by atoms with Gasteiger partial charge in [0.25, 0.3) is 0 Å². The van der Waals surface area contributed by atoms with Gasteiger partial charge in [0.1, 0.15) is 6.61 Å². The quantitative estimate of drug-likeness (QED) is 0.775. The Morgan fingerprint density at radius 3 is 2.46 bits per heavy atom. The van der Waals surface area contributed by atoms with Crippen molar-refractivity contribution in [3.63, 3.8) is 0 Å². The molecule has 0 aromatic heterocycles. The molecule has 7 nitrogen and oxygen atoms in total. The van der Waals surface area contributed by atoms with Crippen LogP contribution in [0.5, 0.6) is 0 Å². The lowest BCUT2D eigenvalue weighted by Crippen LogP contribution is -2.47. The molecule has 0 unspecified atom stereocenters.